The molecule has 8 aromatic carbocycles. The van der Waals surface area contributed by atoms with Crippen LogP contribution in [0, 0.1) is 35.8 Å². The first-order valence-electron chi connectivity index (χ1n) is 32.9. The average molecular weight is 1510 g/mol. The number of rotatable bonds is 17. The van der Waals surface area contributed by atoms with Crippen LogP contribution in [0.5, 0.6) is 52.0 Å². The molecule has 111 heavy (non-hydrogen) atoms. The smallest absolute Gasteiger partial charge is 0.624 e. The van der Waals surface area contributed by atoms with E-state index < -0.39 is 34.4 Å². The molecule has 14 aromatic rings. The Morgan fingerprint density at radius 3 is 1.33 bits per heavy atom. The van der Waals surface area contributed by atoms with Crippen LogP contribution in [0.4, 0.5) is 11.4 Å². The third kappa shape index (κ3) is 16.7. The maximum atomic E-state index is 13.9. The van der Waals surface area contributed by atoms with Crippen molar-refractivity contribution < 1.29 is 79.9 Å². The molecule has 16 rings (SSSR count). The number of hydrogen-bond donors (Lipinski definition) is 0. The normalized spacial score (nSPS) is 12.8. The number of nitriles is 2. The molecule has 0 unspecified atom stereocenters. The van der Waals surface area contributed by atoms with Crippen LogP contribution in [0.15, 0.2) is 319 Å². The largest absolute Gasteiger partial charge is 2.00 e. The summed E-state index contributed by atoms with van der Waals surface area (Å²) in [5, 5.41) is 21.1. The van der Waals surface area contributed by atoms with E-state index in [0.29, 0.717) is 79.0 Å². The summed E-state index contributed by atoms with van der Waals surface area (Å²) in [6.07, 6.45) is 5.42. The number of fused-ring (bicyclic) bond motifs is 4. The van der Waals surface area contributed by atoms with E-state index in [1.165, 1.54) is 54.6 Å². The van der Waals surface area contributed by atoms with Gasteiger partial charge in [-0.15, -0.1) is 0 Å². The topological polar surface area (TPSA) is 329 Å². The van der Waals surface area contributed by atoms with Crippen molar-refractivity contribution in [2.75, 3.05) is 0 Å². The van der Waals surface area contributed by atoms with Crippen molar-refractivity contribution >= 4 is 90.3 Å². The van der Waals surface area contributed by atoms with Crippen LogP contribution in [0.1, 0.15) is 38.4 Å². The van der Waals surface area contributed by atoms with Crippen molar-refractivity contribution in [3.63, 3.8) is 0 Å². The van der Waals surface area contributed by atoms with Gasteiger partial charge in [0.05, 0.1) is 42.0 Å². The van der Waals surface area contributed by atoms with Crippen molar-refractivity contribution in [3.8, 4) is 64.1 Å². The van der Waals surface area contributed by atoms with E-state index in [4.69, 9.17) is 69.0 Å². The first kappa shape index (κ1) is 72.0. The van der Waals surface area contributed by atoms with Gasteiger partial charge in [-0.2, -0.15) is 10.5 Å². The Hall–Kier alpha value is -16.0. The van der Waals surface area contributed by atoms with Crippen LogP contribution in [0.3, 0.4) is 0 Å². The van der Waals surface area contributed by atoms with Gasteiger partial charge in [0.2, 0.25) is 5.90 Å². The summed E-state index contributed by atoms with van der Waals surface area (Å²) in [5.74, 6) is 0.121. The summed E-state index contributed by atoms with van der Waals surface area (Å²) in [5.41, 5.74) is 2.87. The molecule has 2 aliphatic heterocycles. The summed E-state index contributed by atoms with van der Waals surface area (Å²) in [4.78, 5) is 101. The number of carbonyl (C=O) groups is 2. The summed E-state index contributed by atoms with van der Waals surface area (Å²) < 4.78 is 63.7. The second-order valence-electron chi connectivity index (χ2n) is 23.8. The van der Waals surface area contributed by atoms with Crippen LogP contribution in [-0.2, 0) is 30.7 Å². The molecule has 0 saturated heterocycles. The number of benzene rings is 8. The minimum atomic E-state index is -0.866. The summed E-state index contributed by atoms with van der Waals surface area (Å²) >= 11 is 0. The van der Waals surface area contributed by atoms with Gasteiger partial charge in [-0.3, -0.25) is 0 Å². The van der Waals surface area contributed by atoms with Gasteiger partial charge < -0.3 is 60.8 Å². The molecule has 0 saturated carbocycles. The number of ether oxygens (including phenoxy) is 7. The third-order valence-corrected chi connectivity index (χ3v) is 16.4. The predicted octanol–water partition coefficient (Wildman–Crippen LogP) is 16.1. The van der Waals surface area contributed by atoms with Gasteiger partial charge in [0, 0.05) is 94.0 Å². The van der Waals surface area contributed by atoms with E-state index >= 15 is 0 Å². The van der Waals surface area contributed by atoms with Crippen molar-refractivity contribution in [2.24, 2.45) is 9.98 Å². The first-order chi connectivity index (χ1) is 53.6. The molecule has 26 heteroatoms. The molecule has 0 N–H and O–H groups in total. The van der Waals surface area contributed by atoms with Gasteiger partial charge in [-0.25, -0.2) is 48.4 Å². The Morgan fingerprint density at radius 1 is 0.423 bits per heavy atom. The van der Waals surface area contributed by atoms with Gasteiger partial charge in [0.15, 0.2) is 11.4 Å². The van der Waals surface area contributed by atoms with Crippen LogP contribution in [-0.4, -0.2) is 23.5 Å². The van der Waals surface area contributed by atoms with E-state index in [-0.39, 0.29) is 122 Å². The summed E-state index contributed by atoms with van der Waals surface area (Å²) in [6.45, 7) is 14.5. The second-order valence-corrected chi connectivity index (χ2v) is 23.8. The SMILES string of the molecule is [C-]#[N+]c1ccc(Oc2[n-]c(/C(Oc3ccc4ccc(=O)oc4c3)=C3/C=CC(Cc4ccc(C#N)cc4)=N3)cc2C(=O)Oc2ccc3ccc(=O)oc3c2)cc1.[C-]#[N+]c1ccc(Oc2ccc(/C(Oc3ccc4ccc(=O)oc4c3)=C3/C=C(C(=O)Oc4ccc5ccc(=O)oc5c4)C(Oc4ccc(C#N)cc4)=N3)[n-]2)cc1.[Zn+2]. The standard InChI is InChI=1S/C43H24N4O8.C42H22N4O9.Zn/c1-45-29-10-15-31(16-11-29)52-42-34(43(50)53-33-14-7-28-9-19-40(49)55-38(28)22-33)23-36(47-42)41(51-32-13-6-27-8-18-39(48)54-37(27)21-32)35-17-12-30(46-35)20-25-2-4-26(24-44)5-3-25;1-44-27-8-14-28(15-9-27)50-37-17-16-33(45-37)40(51-30-12-4-25-6-18-38(47)54-35(25)20-30)34-22-32(41(46-34)52-29-10-2-24(23-43)3-11-29)42(49)53-31-13-5-26-7-19-39(48)55-36(26)21-31;/h2-19,21-23H,20H2,(H,46,47,50);2-22H,(H,45,46,49);/q;;+2/p-2. The Kier molecular flexibility index (Phi) is 20.6. The Labute approximate surface area is 637 Å². The van der Waals surface area contributed by atoms with E-state index in [1.807, 2.05) is 24.3 Å². The molecule has 0 spiro atoms. The summed E-state index contributed by atoms with van der Waals surface area (Å²) in [6, 6.07) is 65.7. The Balaban J connectivity index is 0.000000183. The Bertz CT molecular complexity index is 6730. The second kappa shape index (κ2) is 31.7. The fraction of sp³-hybridized carbons (Fsp3) is 0.0118. The molecular weight excluding hydrogens is 1470 g/mol. The van der Waals surface area contributed by atoms with E-state index in [2.05, 4.69) is 30.7 Å². The maximum absolute atomic E-state index is 13.9. The van der Waals surface area contributed by atoms with Gasteiger partial charge in [0.1, 0.15) is 91.1 Å². The predicted molar refractivity (Wildman–Crippen MR) is 399 cm³/mol. The van der Waals surface area contributed by atoms with Crippen molar-refractivity contribution in [1.29, 1.82) is 10.5 Å². The quantitative estimate of drug-likeness (QED) is 0.0204. The fourth-order valence-corrected chi connectivity index (χ4v) is 11.1. The molecule has 0 atom stereocenters. The van der Waals surface area contributed by atoms with E-state index in [0.717, 1.165) is 5.56 Å². The average Bonchev–Trinajstić information content (AvgIpc) is 1.65. The first-order valence-corrected chi connectivity index (χ1v) is 32.9. The van der Waals surface area contributed by atoms with Crippen molar-refractivity contribution in [3.05, 3.63) is 370 Å². The zero-order valence-electron chi connectivity index (χ0n) is 57.2. The van der Waals surface area contributed by atoms with Crippen LogP contribution in [0.2, 0.25) is 0 Å². The third-order valence-electron chi connectivity index (χ3n) is 16.4. The number of esters is 2. The number of carbonyl (C=O) groups excluding carboxylic acids is 2. The maximum Gasteiger partial charge on any atom is 2.00 e. The fourth-order valence-electron chi connectivity index (χ4n) is 11.1. The van der Waals surface area contributed by atoms with Gasteiger partial charge >= 0.3 is 53.9 Å². The zero-order chi connectivity index (χ0) is 75.8. The van der Waals surface area contributed by atoms with Crippen molar-refractivity contribution in [1.82, 2.24) is 9.97 Å². The molecule has 6 aromatic heterocycles. The molecule has 0 amide bonds. The van der Waals surface area contributed by atoms with Crippen LogP contribution >= 0.6 is 0 Å². The van der Waals surface area contributed by atoms with Gasteiger partial charge in [-0.05, 0) is 163 Å². The number of hydrogen-bond acceptors (Lipinski definition) is 21. The molecule has 25 nitrogen and oxygen atoms in total. The molecule has 2 aliphatic rings. The van der Waals surface area contributed by atoms with Crippen molar-refractivity contribution in [2.45, 2.75) is 6.42 Å². The number of aliphatic imine (C=N–C) groups is 2. The minimum absolute atomic E-state index is 0. The zero-order valence-corrected chi connectivity index (χ0v) is 60.1. The molecule has 528 valence electrons. The van der Waals surface area contributed by atoms with Gasteiger partial charge in [0.25, 0.3) is 0 Å². The molecular formula is C85H44N8O17Zn. The van der Waals surface area contributed by atoms with E-state index in [1.54, 1.807) is 182 Å². The Morgan fingerprint density at radius 2 is 0.847 bits per heavy atom. The molecule has 0 bridgehead atoms. The monoisotopic (exact) mass is 1510 g/mol. The van der Waals surface area contributed by atoms with Crippen LogP contribution < -0.4 is 65.6 Å². The minimum Gasteiger partial charge on any atom is -0.624 e. The molecule has 0 fully saturated rings. The number of aromatic nitrogens is 2. The molecule has 0 radical (unpaired) electrons. The molecule has 8 heterocycles. The van der Waals surface area contributed by atoms with E-state index in [9.17, 15) is 39.3 Å². The number of allylic oxidation sites excluding steroid dienone is 3. The summed E-state index contributed by atoms with van der Waals surface area (Å²) in [7, 11) is 0. The molecule has 0 aliphatic carbocycles. The van der Waals surface area contributed by atoms with Gasteiger partial charge in [-0.1, -0.05) is 59.9 Å². The number of nitrogens with zero attached hydrogens (tertiary/aromatic N) is 8. The van der Waals surface area contributed by atoms with Crippen LogP contribution in [0.25, 0.3) is 65.1 Å².